The molecular weight excluding hydrogens is 332 g/mol. The molecule has 0 spiro atoms. The van der Waals surface area contributed by atoms with Crippen LogP contribution in [0.15, 0.2) is 24.3 Å². The molecule has 140 valence electrons. The number of rotatable bonds is 5. The van der Waals surface area contributed by atoms with Crippen LogP contribution in [0.4, 0.5) is 4.79 Å². The van der Waals surface area contributed by atoms with Crippen LogP contribution in [0.25, 0.3) is 0 Å². The Kier molecular flexibility index (Phi) is 5.38. The molecule has 0 aromatic heterocycles. The molecule has 0 bridgehead atoms. The van der Waals surface area contributed by atoms with Gasteiger partial charge in [-0.3, -0.25) is 24.3 Å². The van der Waals surface area contributed by atoms with E-state index in [2.05, 4.69) is 41.0 Å². The summed E-state index contributed by atoms with van der Waals surface area (Å²) < 4.78 is 0. The van der Waals surface area contributed by atoms with Gasteiger partial charge in [-0.15, -0.1) is 0 Å². The summed E-state index contributed by atoms with van der Waals surface area (Å²) in [7, 11) is 0. The lowest BCUT2D eigenvalue weighted by Crippen LogP contribution is -2.51. The summed E-state index contributed by atoms with van der Waals surface area (Å²) in [6.07, 6.45) is 0. The van der Waals surface area contributed by atoms with Crippen LogP contribution < -0.4 is 0 Å². The van der Waals surface area contributed by atoms with Gasteiger partial charge in [0.05, 0.1) is 6.67 Å². The molecular formula is C19H26N4O3. The first-order valence-electron chi connectivity index (χ1n) is 9.06. The fourth-order valence-electron chi connectivity index (χ4n) is 3.46. The molecule has 26 heavy (non-hydrogen) atoms. The normalized spacial score (nSPS) is 19.9. The SMILES string of the molecule is Cc1cccc(CN2CCN(CN3C(=O)C(=O)N(C(C)C)C3=O)CC2)c1. The second-order valence-corrected chi connectivity index (χ2v) is 7.31. The summed E-state index contributed by atoms with van der Waals surface area (Å²) in [6, 6.07) is 7.68. The second-order valence-electron chi connectivity index (χ2n) is 7.31. The van der Waals surface area contributed by atoms with Gasteiger partial charge in [-0.2, -0.15) is 0 Å². The van der Waals surface area contributed by atoms with Gasteiger partial charge < -0.3 is 0 Å². The molecule has 2 fully saturated rings. The Morgan fingerprint density at radius 1 is 0.962 bits per heavy atom. The average molecular weight is 358 g/mol. The standard InChI is InChI=1S/C19H26N4O3/c1-14(2)23-18(25)17(24)22(19(23)26)13-21-9-7-20(8-10-21)12-16-6-4-5-15(3)11-16/h4-6,11,14H,7-10,12-13H2,1-3H3. The van der Waals surface area contributed by atoms with Crippen LogP contribution in [0, 0.1) is 6.92 Å². The van der Waals surface area contributed by atoms with Crippen molar-refractivity contribution in [1.82, 2.24) is 19.6 Å². The fourth-order valence-corrected chi connectivity index (χ4v) is 3.46. The zero-order valence-electron chi connectivity index (χ0n) is 15.6. The number of carbonyl (C=O) groups is 3. The van der Waals surface area contributed by atoms with Crippen LogP contribution >= 0.6 is 0 Å². The Morgan fingerprint density at radius 2 is 1.62 bits per heavy atom. The quantitative estimate of drug-likeness (QED) is 0.586. The summed E-state index contributed by atoms with van der Waals surface area (Å²) in [5, 5.41) is 0. The smallest absolute Gasteiger partial charge is 0.297 e. The molecule has 2 saturated heterocycles. The minimum atomic E-state index is -0.719. The molecule has 2 aliphatic heterocycles. The van der Waals surface area contributed by atoms with Gasteiger partial charge in [0.25, 0.3) is 0 Å². The Hall–Kier alpha value is -2.25. The highest BCUT2D eigenvalue weighted by Crippen LogP contribution is 2.17. The summed E-state index contributed by atoms with van der Waals surface area (Å²) in [5.74, 6) is -1.44. The third-order valence-corrected chi connectivity index (χ3v) is 4.90. The third-order valence-electron chi connectivity index (χ3n) is 4.90. The van der Waals surface area contributed by atoms with Crippen LogP contribution in [0.5, 0.6) is 0 Å². The molecule has 7 nitrogen and oxygen atoms in total. The van der Waals surface area contributed by atoms with Crippen molar-refractivity contribution in [3.8, 4) is 0 Å². The van der Waals surface area contributed by atoms with Gasteiger partial charge in [-0.25, -0.2) is 9.69 Å². The van der Waals surface area contributed by atoms with Crippen molar-refractivity contribution in [2.45, 2.75) is 33.4 Å². The summed E-state index contributed by atoms with van der Waals surface area (Å²) in [5.41, 5.74) is 2.55. The average Bonchev–Trinajstić information content (AvgIpc) is 2.80. The van der Waals surface area contributed by atoms with Crippen molar-refractivity contribution in [2.24, 2.45) is 0 Å². The van der Waals surface area contributed by atoms with Crippen LogP contribution in [0.1, 0.15) is 25.0 Å². The van der Waals surface area contributed by atoms with E-state index in [-0.39, 0.29) is 12.7 Å². The van der Waals surface area contributed by atoms with Crippen molar-refractivity contribution in [3.05, 3.63) is 35.4 Å². The van der Waals surface area contributed by atoms with E-state index in [9.17, 15) is 14.4 Å². The molecule has 1 aromatic rings. The maximum atomic E-state index is 12.4. The molecule has 3 rings (SSSR count). The Labute approximate surface area is 154 Å². The van der Waals surface area contributed by atoms with Gasteiger partial charge in [-0.1, -0.05) is 29.8 Å². The number of nitrogens with zero attached hydrogens (tertiary/aromatic N) is 4. The topological polar surface area (TPSA) is 64.2 Å². The van der Waals surface area contributed by atoms with E-state index < -0.39 is 17.8 Å². The molecule has 4 amide bonds. The minimum Gasteiger partial charge on any atom is -0.297 e. The zero-order chi connectivity index (χ0) is 18.8. The van der Waals surface area contributed by atoms with Crippen LogP contribution in [0.2, 0.25) is 0 Å². The van der Waals surface area contributed by atoms with E-state index in [4.69, 9.17) is 0 Å². The number of imide groups is 2. The van der Waals surface area contributed by atoms with Gasteiger partial charge in [-0.05, 0) is 26.3 Å². The lowest BCUT2D eigenvalue weighted by molar-refractivity contribution is -0.144. The lowest BCUT2D eigenvalue weighted by Gasteiger charge is -2.36. The Morgan fingerprint density at radius 3 is 2.19 bits per heavy atom. The molecule has 0 radical (unpaired) electrons. The van der Waals surface area contributed by atoms with Gasteiger partial charge in [0.15, 0.2) is 0 Å². The monoisotopic (exact) mass is 358 g/mol. The lowest BCUT2D eigenvalue weighted by atomic mass is 10.1. The predicted octanol–water partition coefficient (Wildman–Crippen LogP) is 1.27. The minimum absolute atomic E-state index is 0.185. The maximum absolute atomic E-state index is 12.4. The summed E-state index contributed by atoms with van der Waals surface area (Å²) in [4.78, 5) is 43.0. The van der Waals surface area contributed by atoms with Gasteiger partial charge in [0.2, 0.25) is 0 Å². The van der Waals surface area contributed by atoms with Crippen molar-refractivity contribution in [1.29, 1.82) is 0 Å². The van der Waals surface area contributed by atoms with E-state index in [0.717, 1.165) is 42.5 Å². The highest BCUT2D eigenvalue weighted by Gasteiger charge is 2.46. The van der Waals surface area contributed by atoms with E-state index in [1.54, 1.807) is 13.8 Å². The third kappa shape index (κ3) is 3.78. The van der Waals surface area contributed by atoms with E-state index in [0.29, 0.717) is 0 Å². The number of hydrogen-bond donors (Lipinski definition) is 0. The fraction of sp³-hybridized carbons (Fsp3) is 0.526. The van der Waals surface area contributed by atoms with Crippen molar-refractivity contribution >= 4 is 17.8 Å². The maximum Gasteiger partial charge on any atom is 0.335 e. The molecule has 2 heterocycles. The first-order valence-corrected chi connectivity index (χ1v) is 9.06. The zero-order valence-corrected chi connectivity index (χ0v) is 15.6. The van der Waals surface area contributed by atoms with Crippen LogP contribution in [-0.2, 0) is 16.1 Å². The largest absolute Gasteiger partial charge is 0.335 e. The first-order chi connectivity index (χ1) is 12.4. The molecule has 2 aliphatic rings. The number of urea groups is 1. The number of carbonyl (C=O) groups excluding carboxylic acids is 3. The molecule has 1 aromatic carbocycles. The van der Waals surface area contributed by atoms with Crippen molar-refractivity contribution in [3.63, 3.8) is 0 Å². The number of amides is 4. The Bertz CT molecular complexity index is 710. The summed E-state index contributed by atoms with van der Waals surface area (Å²) >= 11 is 0. The van der Waals surface area contributed by atoms with E-state index in [1.165, 1.54) is 11.1 Å². The van der Waals surface area contributed by atoms with Crippen LogP contribution in [0.3, 0.4) is 0 Å². The number of hydrogen-bond acceptors (Lipinski definition) is 5. The molecule has 0 N–H and O–H groups in total. The number of benzene rings is 1. The molecule has 7 heteroatoms. The molecule has 0 unspecified atom stereocenters. The Balaban J connectivity index is 1.53. The van der Waals surface area contributed by atoms with Gasteiger partial charge in [0.1, 0.15) is 0 Å². The van der Waals surface area contributed by atoms with Gasteiger partial charge >= 0.3 is 17.8 Å². The molecule has 0 aliphatic carbocycles. The van der Waals surface area contributed by atoms with Crippen molar-refractivity contribution in [2.75, 3.05) is 32.8 Å². The number of aryl methyl sites for hydroxylation is 1. The highest BCUT2D eigenvalue weighted by atomic mass is 16.2. The van der Waals surface area contributed by atoms with E-state index >= 15 is 0 Å². The number of piperazine rings is 1. The molecule has 0 saturated carbocycles. The van der Waals surface area contributed by atoms with E-state index in [1.807, 2.05) is 0 Å². The second kappa shape index (κ2) is 7.55. The van der Waals surface area contributed by atoms with Crippen molar-refractivity contribution < 1.29 is 14.4 Å². The highest BCUT2D eigenvalue weighted by molar-refractivity contribution is 6.44. The summed E-state index contributed by atoms with van der Waals surface area (Å²) in [6.45, 7) is 9.90. The van der Waals surface area contributed by atoms with Crippen LogP contribution in [-0.4, -0.2) is 76.3 Å². The van der Waals surface area contributed by atoms with Gasteiger partial charge in [0, 0.05) is 38.8 Å². The first kappa shape index (κ1) is 18.5. The predicted molar refractivity (Wildman–Crippen MR) is 97.1 cm³/mol. The molecule has 0 atom stereocenters.